The maximum Gasteiger partial charge on any atom is 0.339 e. The van der Waals surface area contributed by atoms with Gasteiger partial charge in [0.1, 0.15) is 10.8 Å². The molecule has 1 amide bonds. The van der Waals surface area contributed by atoms with Crippen LogP contribution in [0.25, 0.3) is 31.6 Å². The molecule has 5 aromatic rings. The second-order valence-electron chi connectivity index (χ2n) is 7.75. The lowest BCUT2D eigenvalue weighted by Gasteiger charge is -2.12. The Balaban J connectivity index is 1.40. The van der Waals surface area contributed by atoms with Gasteiger partial charge in [0.2, 0.25) is 0 Å². The molecule has 5 rings (SSSR count). The van der Waals surface area contributed by atoms with Crippen molar-refractivity contribution in [3.05, 3.63) is 90.5 Å². The SMILES string of the molecule is CCOc1ccccc1NC(=O)COC(=O)c1cccc2cccc(-c3nc4ccccc4s3)c12. The van der Waals surface area contributed by atoms with E-state index in [0.717, 1.165) is 31.6 Å². The number of hydrogen-bond donors (Lipinski definition) is 1. The summed E-state index contributed by atoms with van der Waals surface area (Å²) in [6.45, 7) is 1.92. The predicted octanol–water partition coefficient (Wildman–Crippen LogP) is 6.31. The fourth-order valence-electron chi connectivity index (χ4n) is 3.92. The number of carbonyl (C=O) groups excluding carboxylic acids is 2. The molecule has 1 aromatic heterocycles. The minimum atomic E-state index is -0.572. The first kappa shape index (κ1) is 22.6. The molecule has 0 saturated heterocycles. The molecule has 174 valence electrons. The van der Waals surface area contributed by atoms with Gasteiger partial charge in [0.05, 0.1) is 28.1 Å². The first-order valence-electron chi connectivity index (χ1n) is 11.2. The number of hydrogen-bond acceptors (Lipinski definition) is 6. The Bertz CT molecular complexity index is 1500. The highest BCUT2D eigenvalue weighted by molar-refractivity contribution is 7.21. The van der Waals surface area contributed by atoms with Gasteiger partial charge in [0, 0.05) is 10.9 Å². The van der Waals surface area contributed by atoms with E-state index in [1.807, 2.05) is 61.5 Å². The monoisotopic (exact) mass is 482 g/mol. The summed E-state index contributed by atoms with van der Waals surface area (Å²) in [4.78, 5) is 30.4. The Hall–Kier alpha value is -4.23. The molecule has 0 aliphatic heterocycles. The molecule has 0 aliphatic carbocycles. The van der Waals surface area contributed by atoms with Crippen LogP contribution in [0.3, 0.4) is 0 Å². The Kier molecular flexibility index (Phi) is 6.41. The Morgan fingerprint density at radius 2 is 1.69 bits per heavy atom. The van der Waals surface area contributed by atoms with Gasteiger partial charge in [-0.2, -0.15) is 0 Å². The number of para-hydroxylation sites is 3. The molecule has 0 fully saturated rings. The molecular formula is C28H22N2O4S. The van der Waals surface area contributed by atoms with Gasteiger partial charge >= 0.3 is 5.97 Å². The summed E-state index contributed by atoms with van der Waals surface area (Å²) >= 11 is 1.57. The largest absolute Gasteiger partial charge is 0.492 e. The van der Waals surface area contributed by atoms with E-state index in [-0.39, 0.29) is 0 Å². The standard InChI is InChI=1S/C28H22N2O4S/c1-2-33-23-15-5-3-13-21(23)29-25(31)17-34-28(32)20-12-8-10-18-9-7-11-19(26(18)20)27-30-22-14-4-6-16-24(22)35-27/h3-16H,2,17H2,1H3,(H,29,31). The van der Waals surface area contributed by atoms with E-state index < -0.39 is 18.5 Å². The van der Waals surface area contributed by atoms with Crippen LogP contribution in [-0.2, 0) is 9.53 Å². The van der Waals surface area contributed by atoms with Crippen molar-refractivity contribution in [1.82, 2.24) is 4.98 Å². The average Bonchev–Trinajstić information content (AvgIpc) is 3.32. The number of thiazole rings is 1. The molecule has 0 bridgehead atoms. The van der Waals surface area contributed by atoms with Gasteiger partial charge in [-0.1, -0.05) is 54.6 Å². The zero-order chi connectivity index (χ0) is 24.2. The van der Waals surface area contributed by atoms with Crippen molar-refractivity contribution in [3.63, 3.8) is 0 Å². The zero-order valence-electron chi connectivity index (χ0n) is 19.0. The molecule has 4 aromatic carbocycles. The van der Waals surface area contributed by atoms with Crippen molar-refractivity contribution in [2.24, 2.45) is 0 Å². The van der Waals surface area contributed by atoms with E-state index in [2.05, 4.69) is 5.32 Å². The molecule has 6 nitrogen and oxygen atoms in total. The first-order chi connectivity index (χ1) is 17.1. The molecule has 1 N–H and O–H groups in total. The van der Waals surface area contributed by atoms with E-state index in [1.54, 1.807) is 41.7 Å². The summed E-state index contributed by atoms with van der Waals surface area (Å²) in [5.74, 6) is -0.459. The van der Waals surface area contributed by atoms with Crippen molar-refractivity contribution in [1.29, 1.82) is 0 Å². The van der Waals surface area contributed by atoms with Crippen molar-refractivity contribution in [2.75, 3.05) is 18.5 Å². The van der Waals surface area contributed by atoms with E-state index in [1.165, 1.54) is 0 Å². The lowest BCUT2D eigenvalue weighted by molar-refractivity contribution is -0.119. The van der Waals surface area contributed by atoms with Gasteiger partial charge in [0.25, 0.3) is 5.91 Å². The summed E-state index contributed by atoms with van der Waals surface area (Å²) in [7, 11) is 0. The first-order valence-corrected chi connectivity index (χ1v) is 12.0. The van der Waals surface area contributed by atoms with E-state index in [9.17, 15) is 9.59 Å². The molecular weight excluding hydrogens is 460 g/mol. The number of nitrogens with one attached hydrogen (secondary N) is 1. The number of ether oxygens (including phenoxy) is 2. The Morgan fingerprint density at radius 3 is 2.51 bits per heavy atom. The number of rotatable bonds is 7. The maximum absolute atomic E-state index is 13.1. The van der Waals surface area contributed by atoms with Gasteiger partial charge in [-0.05, 0) is 42.6 Å². The molecule has 0 radical (unpaired) electrons. The summed E-state index contributed by atoms with van der Waals surface area (Å²) in [6.07, 6.45) is 0. The summed E-state index contributed by atoms with van der Waals surface area (Å²) < 4.78 is 12.0. The van der Waals surface area contributed by atoms with Gasteiger partial charge < -0.3 is 14.8 Å². The minimum absolute atomic E-state index is 0.389. The zero-order valence-corrected chi connectivity index (χ0v) is 19.8. The topological polar surface area (TPSA) is 77.5 Å². The normalized spacial score (nSPS) is 10.9. The smallest absolute Gasteiger partial charge is 0.339 e. The highest BCUT2D eigenvalue weighted by atomic mass is 32.1. The van der Waals surface area contributed by atoms with Crippen molar-refractivity contribution in [2.45, 2.75) is 6.92 Å². The van der Waals surface area contributed by atoms with Gasteiger partial charge in [0.15, 0.2) is 6.61 Å². The predicted molar refractivity (Wildman–Crippen MR) is 139 cm³/mol. The average molecular weight is 483 g/mol. The third-order valence-corrected chi connectivity index (χ3v) is 6.51. The summed E-state index contributed by atoms with van der Waals surface area (Å²) in [5, 5.41) is 5.21. The van der Waals surface area contributed by atoms with Crippen molar-refractivity contribution in [3.8, 4) is 16.3 Å². The van der Waals surface area contributed by atoms with E-state index >= 15 is 0 Å². The minimum Gasteiger partial charge on any atom is -0.492 e. The van der Waals surface area contributed by atoms with Crippen LogP contribution in [0.5, 0.6) is 5.75 Å². The molecule has 7 heteroatoms. The number of aromatic nitrogens is 1. The van der Waals surface area contributed by atoms with Gasteiger partial charge in [-0.3, -0.25) is 4.79 Å². The van der Waals surface area contributed by atoms with Crippen LogP contribution in [0.4, 0.5) is 5.69 Å². The highest BCUT2D eigenvalue weighted by Gasteiger charge is 2.18. The third kappa shape index (κ3) is 4.72. The number of carbonyl (C=O) groups is 2. The van der Waals surface area contributed by atoms with E-state index in [0.29, 0.717) is 23.6 Å². The fraction of sp³-hybridized carbons (Fsp3) is 0.107. The quantitative estimate of drug-likeness (QED) is 0.275. The van der Waals surface area contributed by atoms with Crippen molar-refractivity contribution >= 4 is 49.9 Å². The Morgan fingerprint density at radius 1 is 0.914 bits per heavy atom. The van der Waals surface area contributed by atoms with Crippen LogP contribution in [0.1, 0.15) is 17.3 Å². The van der Waals surface area contributed by atoms with Crippen LogP contribution >= 0.6 is 11.3 Å². The van der Waals surface area contributed by atoms with Gasteiger partial charge in [-0.15, -0.1) is 11.3 Å². The van der Waals surface area contributed by atoms with Crippen LogP contribution in [0.15, 0.2) is 84.9 Å². The highest BCUT2D eigenvalue weighted by Crippen LogP contribution is 2.36. The van der Waals surface area contributed by atoms with Crippen LogP contribution < -0.4 is 10.1 Å². The number of nitrogens with zero attached hydrogens (tertiary/aromatic N) is 1. The number of benzene rings is 4. The molecule has 0 unspecified atom stereocenters. The number of fused-ring (bicyclic) bond motifs is 2. The molecule has 35 heavy (non-hydrogen) atoms. The second kappa shape index (κ2) is 9.95. The molecule has 0 spiro atoms. The van der Waals surface area contributed by atoms with Crippen LogP contribution in [0, 0.1) is 0 Å². The molecule has 0 aliphatic rings. The fourth-order valence-corrected chi connectivity index (χ4v) is 4.92. The molecule has 0 atom stereocenters. The number of anilines is 1. The molecule has 1 heterocycles. The van der Waals surface area contributed by atoms with Gasteiger partial charge in [-0.25, -0.2) is 9.78 Å². The number of amides is 1. The summed E-state index contributed by atoms with van der Waals surface area (Å²) in [5.41, 5.74) is 2.68. The van der Waals surface area contributed by atoms with Crippen molar-refractivity contribution < 1.29 is 19.1 Å². The van der Waals surface area contributed by atoms with Crippen LogP contribution in [0.2, 0.25) is 0 Å². The second-order valence-corrected chi connectivity index (χ2v) is 8.78. The lowest BCUT2D eigenvalue weighted by Crippen LogP contribution is -2.21. The lowest BCUT2D eigenvalue weighted by atomic mass is 9.99. The van der Waals surface area contributed by atoms with E-state index in [4.69, 9.17) is 14.5 Å². The maximum atomic E-state index is 13.1. The Labute approximate surface area is 206 Å². The third-order valence-electron chi connectivity index (χ3n) is 5.44. The summed E-state index contributed by atoms with van der Waals surface area (Å²) in [6, 6.07) is 26.4. The van der Waals surface area contributed by atoms with Crippen LogP contribution in [-0.4, -0.2) is 30.1 Å². The molecule has 0 saturated carbocycles. The number of esters is 1.